The minimum Gasteiger partial charge on any atom is -0.396 e. The summed E-state index contributed by atoms with van der Waals surface area (Å²) in [7, 11) is 0. The maximum Gasteiger partial charge on any atom is 0.0705 e. The van der Waals surface area contributed by atoms with E-state index in [1.807, 2.05) is 18.2 Å². The number of aryl methyl sites for hydroxylation is 2. The van der Waals surface area contributed by atoms with Gasteiger partial charge in [0.05, 0.1) is 5.69 Å². The van der Waals surface area contributed by atoms with Gasteiger partial charge in [0.25, 0.3) is 0 Å². The molecule has 0 aliphatic rings. The Bertz CT molecular complexity index is 500. The van der Waals surface area contributed by atoms with Crippen molar-refractivity contribution in [3.05, 3.63) is 53.2 Å². The first kappa shape index (κ1) is 11.8. The Balaban J connectivity index is 2.41. The molecule has 0 aliphatic carbocycles. The molecule has 0 atom stereocenters. The van der Waals surface area contributed by atoms with Gasteiger partial charge in [0.15, 0.2) is 0 Å². The second-order valence-electron chi connectivity index (χ2n) is 4.36. The van der Waals surface area contributed by atoms with Crippen LogP contribution >= 0.6 is 0 Å². The molecule has 0 saturated heterocycles. The molecule has 0 radical (unpaired) electrons. The fraction of sp³-hybridized carbons (Fsp3) is 0.267. The minimum atomic E-state index is 0.142. The second-order valence-corrected chi connectivity index (χ2v) is 4.36. The van der Waals surface area contributed by atoms with Crippen molar-refractivity contribution < 1.29 is 5.11 Å². The Morgan fingerprint density at radius 1 is 1.06 bits per heavy atom. The molecule has 1 heterocycles. The second kappa shape index (κ2) is 5.11. The van der Waals surface area contributed by atoms with Crippen LogP contribution in [0.2, 0.25) is 0 Å². The molecule has 2 nitrogen and oxygen atoms in total. The zero-order valence-corrected chi connectivity index (χ0v) is 10.3. The van der Waals surface area contributed by atoms with Crippen LogP contribution in [0.5, 0.6) is 0 Å². The molecule has 0 spiro atoms. The largest absolute Gasteiger partial charge is 0.396 e. The van der Waals surface area contributed by atoms with Crippen LogP contribution in [0.25, 0.3) is 11.3 Å². The van der Waals surface area contributed by atoms with Gasteiger partial charge in [-0.15, -0.1) is 0 Å². The third-order valence-electron chi connectivity index (χ3n) is 2.69. The van der Waals surface area contributed by atoms with Crippen molar-refractivity contribution >= 4 is 0 Å². The first-order valence-corrected chi connectivity index (χ1v) is 5.84. The van der Waals surface area contributed by atoms with Crippen molar-refractivity contribution in [1.82, 2.24) is 4.98 Å². The van der Waals surface area contributed by atoms with Gasteiger partial charge < -0.3 is 5.11 Å². The van der Waals surface area contributed by atoms with Gasteiger partial charge in [-0.05, 0) is 38.1 Å². The topological polar surface area (TPSA) is 33.1 Å². The van der Waals surface area contributed by atoms with E-state index < -0.39 is 0 Å². The number of nitrogens with zero attached hydrogens (tertiary/aromatic N) is 1. The summed E-state index contributed by atoms with van der Waals surface area (Å²) in [6.45, 7) is 4.32. The molecule has 1 N–H and O–H groups in total. The third kappa shape index (κ3) is 2.92. The average Bonchev–Trinajstić information content (AvgIpc) is 2.28. The quantitative estimate of drug-likeness (QED) is 0.874. The fourth-order valence-corrected chi connectivity index (χ4v) is 2.02. The SMILES string of the molecule is Cc1cc(C)cc(-c2cccc(CCO)n2)c1. The van der Waals surface area contributed by atoms with Gasteiger partial charge in [0, 0.05) is 24.3 Å². The lowest BCUT2D eigenvalue weighted by Gasteiger charge is -2.06. The fourth-order valence-electron chi connectivity index (χ4n) is 2.02. The first-order chi connectivity index (χ1) is 8.19. The molecular formula is C15H17NO. The summed E-state index contributed by atoms with van der Waals surface area (Å²) in [5.74, 6) is 0. The van der Waals surface area contributed by atoms with E-state index in [4.69, 9.17) is 5.11 Å². The maximum atomic E-state index is 8.93. The molecule has 0 fully saturated rings. The Hall–Kier alpha value is -1.67. The Morgan fingerprint density at radius 3 is 2.41 bits per heavy atom. The van der Waals surface area contributed by atoms with E-state index in [-0.39, 0.29) is 6.61 Å². The number of benzene rings is 1. The summed E-state index contributed by atoms with van der Waals surface area (Å²) in [5.41, 5.74) is 5.54. The molecule has 1 aromatic carbocycles. The van der Waals surface area contributed by atoms with E-state index in [0.29, 0.717) is 6.42 Å². The summed E-state index contributed by atoms with van der Waals surface area (Å²) in [4.78, 5) is 4.55. The van der Waals surface area contributed by atoms with Crippen LogP contribution in [0.1, 0.15) is 16.8 Å². The van der Waals surface area contributed by atoms with Crippen LogP contribution < -0.4 is 0 Å². The average molecular weight is 227 g/mol. The van der Waals surface area contributed by atoms with Crippen molar-refractivity contribution in [3.63, 3.8) is 0 Å². The number of aliphatic hydroxyl groups excluding tert-OH is 1. The van der Waals surface area contributed by atoms with Gasteiger partial charge in [-0.2, -0.15) is 0 Å². The zero-order chi connectivity index (χ0) is 12.3. The molecule has 0 saturated carbocycles. The summed E-state index contributed by atoms with van der Waals surface area (Å²) in [6, 6.07) is 12.4. The molecule has 1 aromatic heterocycles. The van der Waals surface area contributed by atoms with Crippen molar-refractivity contribution in [2.24, 2.45) is 0 Å². The van der Waals surface area contributed by atoms with Gasteiger partial charge in [0.1, 0.15) is 0 Å². The third-order valence-corrected chi connectivity index (χ3v) is 2.69. The van der Waals surface area contributed by atoms with Crippen LogP contribution in [-0.4, -0.2) is 16.7 Å². The van der Waals surface area contributed by atoms with E-state index in [2.05, 4.69) is 37.0 Å². The molecule has 2 heteroatoms. The first-order valence-electron chi connectivity index (χ1n) is 5.84. The molecule has 0 unspecified atom stereocenters. The lowest BCUT2D eigenvalue weighted by atomic mass is 10.0. The van der Waals surface area contributed by atoms with Gasteiger partial charge in [-0.25, -0.2) is 0 Å². The standard InChI is InChI=1S/C15H17NO/c1-11-8-12(2)10-13(9-11)15-5-3-4-14(16-15)6-7-17/h3-5,8-10,17H,6-7H2,1-2H3. The molecule has 2 aromatic rings. The summed E-state index contributed by atoms with van der Waals surface area (Å²) >= 11 is 0. The smallest absolute Gasteiger partial charge is 0.0705 e. The van der Waals surface area contributed by atoms with Crippen molar-refractivity contribution in [2.45, 2.75) is 20.3 Å². The van der Waals surface area contributed by atoms with Crippen LogP contribution in [0.4, 0.5) is 0 Å². The van der Waals surface area contributed by atoms with Gasteiger partial charge in [0.2, 0.25) is 0 Å². The van der Waals surface area contributed by atoms with Crippen LogP contribution in [0, 0.1) is 13.8 Å². The van der Waals surface area contributed by atoms with E-state index in [0.717, 1.165) is 17.0 Å². The predicted octanol–water partition coefficient (Wildman–Crippen LogP) is 2.90. The minimum absolute atomic E-state index is 0.142. The van der Waals surface area contributed by atoms with Crippen molar-refractivity contribution in [2.75, 3.05) is 6.61 Å². The van der Waals surface area contributed by atoms with Gasteiger partial charge >= 0.3 is 0 Å². The highest BCUT2D eigenvalue weighted by Crippen LogP contribution is 2.20. The Morgan fingerprint density at radius 2 is 1.76 bits per heavy atom. The van der Waals surface area contributed by atoms with Crippen molar-refractivity contribution in [1.29, 1.82) is 0 Å². The lowest BCUT2D eigenvalue weighted by Crippen LogP contribution is -1.96. The van der Waals surface area contributed by atoms with Gasteiger partial charge in [-0.3, -0.25) is 4.98 Å². The van der Waals surface area contributed by atoms with Crippen LogP contribution in [-0.2, 0) is 6.42 Å². The Kier molecular flexibility index (Phi) is 3.55. The molecule has 0 bridgehead atoms. The number of rotatable bonds is 3. The molecule has 0 amide bonds. The van der Waals surface area contributed by atoms with E-state index >= 15 is 0 Å². The highest BCUT2D eigenvalue weighted by molar-refractivity contribution is 5.61. The number of hydrogen-bond acceptors (Lipinski definition) is 2. The predicted molar refractivity (Wildman–Crippen MR) is 69.9 cm³/mol. The van der Waals surface area contributed by atoms with E-state index in [9.17, 15) is 0 Å². The number of hydrogen-bond donors (Lipinski definition) is 1. The molecule has 2 rings (SSSR count). The normalized spacial score (nSPS) is 10.5. The number of pyridine rings is 1. The van der Waals surface area contributed by atoms with Crippen LogP contribution in [0.3, 0.4) is 0 Å². The van der Waals surface area contributed by atoms with Crippen LogP contribution in [0.15, 0.2) is 36.4 Å². The van der Waals surface area contributed by atoms with Crippen molar-refractivity contribution in [3.8, 4) is 11.3 Å². The summed E-state index contributed by atoms with van der Waals surface area (Å²) < 4.78 is 0. The highest BCUT2D eigenvalue weighted by atomic mass is 16.3. The van der Waals surface area contributed by atoms with E-state index in [1.54, 1.807) is 0 Å². The molecule has 0 aliphatic heterocycles. The van der Waals surface area contributed by atoms with E-state index in [1.165, 1.54) is 11.1 Å². The number of aliphatic hydroxyl groups is 1. The maximum absolute atomic E-state index is 8.93. The zero-order valence-electron chi connectivity index (χ0n) is 10.3. The summed E-state index contributed by atoms with van der Waals surface area (Å²) in [6.07, 6.45) is 0.610. The van der Waals surface area contributed by atoms with Gasteiger partial charge in [-0.1, -0.05) is 23.3 Å². The molecule has 17 heavy (non-hydrogen) atoms. The molecule has 88 valence electrons. The lowest BCUT2D eigenvalue weighted by molar-refractivity contribution is 0.298. The Labute approximate surface area is 102 Å². The highest BCUT2D eigenvalue weighted by Gasteiger charge is 2.02. The monoisotopic (exact) mass is 227 g/mol. The summed E-state index contributed by atoms with van der Waals surface area (Å²) in [5, 5.41) is 8.93. The number of aromatic nitrogens is 1. The molecular weight excluding hydrogens is 210 g/mol.